The third-order valence-corrected chi connectivity index (χ3v) is 7.60. The number of hydrogen-bond donors (Lipinski definition) is 5. The van der Waals surface area contributed by atoms with Gasteiger partial charge in [-0.1, -0.05) is 12.1 Å². The Hall–Kier alpha value is -4.06. The minimum Gasteiger partial charge on any atom is -0.480 e. The lowest BCUT2D eigenvalue weighted by Gasteiger charge is -2.26. The van der Waals surface area contributed by atoms with E-state index in [4.69, 9.17) is 16.9 Å². The van der Waals surface area contributed by atoms with Gasteiger partial charge in [-0.3, -0.25) is 10.2 Å². The number of Topliss-reactive ketones (excluding diaryl/α,β-unsaturated/α-hetero) is 1. The van der Waals surface area contributed by atoms with Crippen LogP contribution in [0.4, 0.5) is 32.0 Å². The quantitative estimate of drug-likeness (QED) is 0.104. The number of halogens is 6. The summed E-state index contributed by atoms with van der Waals surface area (Å²) in [6, 6.07) is 5.72. The number of carbonyl (C=O) groups is 2. The first kappa shape index (κ1) is 33.1. The summed E-state index contributed by atoms with van der Waals surface area (Å²) in [6.07, 6.45) is -10.7. The first-order chi connectivity index (χ1) is 18.7. The number of nitrogens with zero attached hydrogens (tertiary/aromatic N) is 1. The van der Waals surface area contributed by atoms with Crippen LogP contribution >= 0.6 is 0 Å². The zero-order valence-corrected chi connectivity index (χ0v) is 22.0. The Bertz CT molecular complexity index is 1380. The Morgan fingerprint density at radius 2 is 1.66 bits per heavy atom. The number of rotatable bonds is 12. The van der Waals surface area contributed by atoms with E-state index >= 15 is 0 Å². The molecule has 1 atom stereocenters. The van der Waals surface area contributed by atoms with Crippen molar-refractivity contribution in [2.75, 3.05) is 11.9 Å². The van der Waals surface area contributed by atoms with E-state index in [1.807, 2.05) is 0 Å². The Kier molecular flexibility index (Phi) is 9.87. The second-order valence-electron chi connectivity index (χ2n) is 8.65. The highest BCUT2D eigenvalue weighted by atomic mass is 32.2. The van der Waals surface area contributed by atoms with Gasteiger partial charge in [-0.15, -0.1) is 13.2 Å². The normalized spacial score (nSPS) is 13.7. The number of nitrogens with two attached hydrogens (primary N) is 2. The van der Waals surface area contributed by atoms with Gasteiger partial charge in [-0.2, -0.15) is 13.2 Å². The van der Waals surface area contributed by atoms with E-state index in [9.17, 15) is 49.5 Å². The number of aliphatic carboxylic acids is 1. The molecule has 11 nitrogen and oxygen atoms in total. The summed E-state index contributed by atoms with van der Waals surface area (Å²) < 4.78 is 108. The van der Waals surface area contributed by atoms with Gasteiger partial charge in [0.25, 0.3) is 10.0 Å². The summed E-state index contributed by atoms with van der Waals surface area (Å²) in [4.78, 5) is 22.4. The minimum atomic E-state index is -5.15. The number of nitrogens with one attached hydrogen (secondary N) is 2. The third-order valence-electron chi connectivity index (χ3n) is 5.73. The Morgan fingerprint density at radius 3 is 2.12 bits per heavy atom. The summed E-state index contributed by atoms with van der Waals surface area (Å²) in [5, 5.41) is 19.5. The molecule has 226 valence electrons. The molecule has 0 aromatic heterocycles. The standard InChI is InChI=1S/C23H25F6N5O6S/c1-13(35)21(32,19(36)37)9-2-10-34(20(30)31)41(38,39)18-8-7-16(40-23(27,28)29)11-17(18)33-12-14-3-5-15(6-4-14)22(24,25)26/h3-8,11,33H,2,9-10,12,32H2,1H3,(H3,30,31)(H,36,37). The number of ether oxygens (including phenoxy) is 1. The van der Waals surface area contributed by atoms with E-state index in [-0.39, 0.29) is 18.5 Å². The van der Waals surface area contributed by atoms with Crippen molar-refractivity contribution in [3.63, 3.8) is 0 Å². The van der Waals surface area contributed by atoms with Gasteiger partial charge in [0.05, 0.1) is 11.3 Å². The molecule has 0 bridgehead atoms. The molecule has 0 fully saturated rings. The fourth-order valence-corrected chi connectivity index (χ4v) is 5.02. The number of hydrogen-bond acceptors (Lipinski definition) is 8. The second kappa shape index (κ2) is 12.2. The molecule has 0 amide bonds. The third kappa shape index (κ3) is 8.46. The lowest BCUT2D eigenvalue weighted by molar-refractivity contribution is -0.274. The summed E-state index contributed by atoms with van der Waals surface area (Å²) in [5.41, 5.74) is 7.44. The molecule has 1 unspecified atom stereocenters. The minimum absolute atomic E-state index is 0.198. The van der Waals surface area contributed by atoms with Crippen LogP contribution in [-0.4, -0.2) is 54.0 Å². The molecule has 0 aliphatic rings. The zero-order valence-electron chi connectivity index (χ0n) is 21.1. The van der Waals surface area contributed by atoms with Gasteiger partial charge in [0.1, 0.15) is 10.6 Å². The van der Waals surface area contributed by atoms with E-state index in [0.717, 1.165) is 37.3 Å². The zero-order chi connectivity index (χ0) is 31.4. The fourth-order valence-electron chi connectivity index (χ4n) is 3.50. The van der Waals surface area contributed by atoms with E-state index < -0.39 is 80.7 Å². The van der Waals surface area contributed by atoms with Crippen molar-refractivity contribution in [2.45, 2.75) is 49.3 Å². The van der Waals surface area contributed by atoms with Crippen LogP contribution in [0.2, 0.25) is 0 Å². The van der Waals surface area contributed by atoms with Gasteiger partial charge in [0, 0.05) is 19.2 Å². The first-order valence-corrected chi connectivity index (χ1v) is 12.8. The number of benzene rings is 2. The summed E-state index contributed by atoms with van der Waals surface area (Å²) >= 11 is 0. The molecule has 0 heterocycles. The first-order valence-electron chi connectivity index (χ1n) is 11.4. The number of guanidine groups is 1. The molecule has 41 heavy (non-hydrogen) atoms. The van der Waals surface area contributed by atoms with Crippen LogP contribution in [0.25, 0.3) is 0 Å². The molecule has 0 aliphatic carbocycles. The molecule has 2 aromatic rings. The van der Waals surface area contributed by atoms with Crippen LogP contribution in [0.1, 0.15) is 30.9 Å². The lowest BCUT2D eigenvalue weighted by atomic mass is 9.90. The molecule has 0 saturated carbocycles. The molecule has 0 radical (unpaired) electrons. The van der Waals surface area contributed by atoms with Gasteiger partial charge in [-0.25, -0.2) is 17.5 Å². The average Bonchev–Trinajstić information content (AvgIpc) is 2.83. The highest BCUT2D eigenvalue weighted by molar-refractivity contribution is 7.89. The maximum atomic E-state index is 13.4. The van der Waals surface area contributed by atoms with Crippen molar-refractivity contribution in [2.24, 2.45) is 11.5 Å². The maximum Gasteiger partial charge on any atom is 0.573 e. The molecule has 7 N–H and O–H groups in total. The SMILES string of the molecule is CC(=O)C(N)(CCCN(C(=N)N)S(=O)(=O)c1ccc(OC(F)(F)F)cc1NCc1ccc(C(F)(F)F)cc1)C(=O)O. The van der Waals surface area contributed by atoms with Gasteiger partial charge >= 0.3 is 18.5 Å². The van der Waals surface area contributed by atoms with Gasteiger partial charge < -0.3 is 26.6 Å². The molecule has 2 rings (SSSR count). The number of carboxylic acid groups (broad SMARTS) is 1. The van der Waals surface area contributed by atoms with Crippen LogP contribution < -0.4 is 21.5 Å². The van der Waals surface area contributed by atoms with Crippen LogP contribution in [-0.2, 0) is 32.3 Å². The van der Waals surface area contributed by atoms with Crippen LogP contribution in [0.15, 0.2) is 47.4 Å². The van der Waals surface area contributed by atoms with Crippen LogP contribution in [0, 0.1) is 5.41 Å². The molecule has 0 saturated heterocycles. The van der Waals surface area contributed by atoms with Gasteiger partial charge in [-0.05, 0) is 49.6 Å². The van der Waals surface area contributed by atoms with E-state index in [0.29, 0.717) is 16.4 Å². The molecular formula is C23H25F6N5O6S. The van der Waals surface area contributed by atoms with Crippen LogP contribution in [0.3, 0.4) is 0 Å². The molecule has 0 aliphatic heterocycles. The predicted octanol–water partition coefficient (Wildman–Crippen LogP) is 3.25. The molecular weight excluding hydrogens is 588 g/mol. The molecule has 18 heteroatoms. The predicted molar refractivity (Wildman–Crippen MR) is 132 cm³/mol. The number of ketones is 1. The summed E-state index contributed by atoms with van der Waals surface area (Å²) in [7, 11) is -4.82. The largest absolute Gasteiger partial charge is 0.573 e. The molecule has 2 aromatic carbocycles. The van der Waals surface area contributed by atoms with E-state index in [2.05, 4.69) is 10.1 Å². The topological polar surface area (TPSA) is 189 Å². The van der Waals surface area contributed by atoms with E-state index in [1.165, 1.54) is 0 Å². The Morgan fingerprint density at radius 1 is 1.07 bits per heavy atom. The summed E-state index contributed by atoms with van der Waals surface area (Å²) in [6.45, 7) is -0.0633. The Labute approximate surface area is 229 Å². The smallest absolute Gasteiger partial charge is 0.480 e. The number of anilines is 1. The lowest BCUT2D eigenvalue weighted by Crippen LogP contribution is -2.54. The fraction of sp³-hybridized carbons (Fsp3) is 0.348. The average molecular weight is 614 g/mol. The van der Waals surface area contributed by atoms with Crippen molar-refractivity contribution in [1.29, 1.82) is 5.41 Å². The van der Waals surface area contributed by atoms with Crippen molar-refractivity contribution >= 4 is 33.4 Å². The number of carboxylic acids is 1. The van der Waals surface area contributed by atoms with Crippen LogP contribution in [0.5, 0.6) is 5.75 Å². The Balaban J connectivity index is 2.43. The van der Waals surface area contributed by atoms with Crippen molar-refractivity contribution in [3.8, 4) is 5.75 Å². The second-order valence-corrected chi connectivity index (χ2v) is 10.5. The van der Waals surface area contributed by atoms with Gasteiger partial charge in [0.2, 0.25) is 5.96 Å². The van der Waals surface area contributed by atoms with Gasteiger partial charge in [0.15, 0.2) is 11.3 Å². The highest BCUT2D eigenvalue weighted by Gasteiger charge is 2.39. The highest BCUT2D eigenvalue weighted by Crippen LogP contribution is 2.33. The van der Waals surface area contributed by atoms with Crippen molar-refractivity contribution < 1.29 is 54.2 Å². The monoisotopic (exact) mass is 613 g/mol. The van der Waals surface area contributed by atoms with Crippen molar-refractivity contribution in [3.05, 3.63) is 53.6 Å². The maximum absolute atomic E-state index is 13.4. The van der Waals surface area contributed by atoms with E-state index in [1.54, 1.807) is 0 Å². The molecule has 0 spiro atoms. The summed E-state index contributed by atoms with van der Waals surface area (Å²) in [5.74, 6) is -4.47. The number of carbonyl (C=O) groups excluding carboxylic acids is 1. The number of alkyl halides is 6. The van der Waals surface area contributed by atoms with Crippen molar-refractivity contribution in [1.82, 2.24) is 4.31 Å². The number of sulfonamides is 1.